The molecule has 0 radical (unpaired) electrons. The molecular formula is C59H74N14O14. The van der Waals surface area contributed by atoms with Gasteiger partial charge in [0.25, 0.3) is 0 Å². The van der Waals surface area contributed by atoms with Crippen molar-refractivity contribution in [1.29, 1.82) is 0 Å². The molecule has 3 aromatic rings. The van der Waals surface area contributed by atoms with Crippen molar-refractivity contribution in [3.05, 3.63) is 99.7 Å². The number of nitrogens with two attached hydrogens (primary N) is 4. The van der Waals surface area contributed by atoms with Crippen molar-refractivity contribution in [3.8, 4) is 0 Å². The molecule has 0 spiro atoms. The molecule has 6 rings (SSSR count). The Hall–Kier alpha value is -10.2. The highest BCUT2D eigenvalue weighted by Gasteiger charge is 2.54. The Balaban J connectivity index is 1.38. The van der Waals surface area contributed by atoms with Gasteiger partial charge in [-0.25, -0.2) is 14.6 Å². The Morgan fingerprint density at radius 3 is 1.86 bits per heavy atom. The van der Waals surface area contributed by atoms with Gasteiger partial charge in [0.05, 0.1) is 68.1 Å². The minimum atomic E-state index is -1.76. The molecular weight excluding hydrogens is 1130 g/mol. The molecule has 3 aliphatic rings. The summed E-state index contributed by atoms with van der Waals surface area (Å²) in [6.45, 7) is 10.9. The maximum atomic E-state index is 14.1. The van der Waals surface area contributed by atoms with E-state index in [1.807, 2.05) is 45.9 Å². The Kier molecular flexibility index (Phi) is 22.1. The summed E-state index contributed by atoms with van der Waals surface area (Å²) in [5.41, 5.74) is 29.7. The van der Waals surface area contributed by atoms with Gasteiger partial charge < -0.3 is 78.6 Å². The summed E-state index contributed by atoms with van der Waals surface area (Å²) in [6, 6.07) is 2.80. The van der Waals surface area contributed by atoms with Crippen LogP contribution < -0.4 is 44.2 Å². The maximum Gasteiger partial charge on any atom is 0.334 e. The van der Waals surface area contributed by atoms with Gasteiger partial charge in [0.1, 0.15) is 24.0 Å². The number of aryl methyl sites for hydroxylation is 4. The number of nitrogens with zero attached hydrogens (tertiary/aromatic N) is 4. The van der Waals surface area contributed by atoms with Crippen LogP contribution in [0.4, 0.5) is 0 Å². The third kappa shape index (κ3) is 15.8. The number of allylic oxidation sites excluding steroid dienone is 6. The van der Waals surface area contributed by atoms with E-state index >= 15 is 0 Å². The van der Waals surface area contributed by atoms with Crippen LogP contribution in [0.2, 0.25) is 0 Å². The summed E-state index contributed by atoms with van der Waals surface area (Å²) in [4.78, 5) is 143. The number of carboxylic acid groups (broad SMARTS) is 2. The molecule has 28 heteroatoms. The molecule has 28 nitrogen and oxygen atoms in total. The third-order valence-electron chi connectivity index (χ3n) is 15.3. The van der Waals surface area contributed by atoms with Gasteiger partial charge in [-0.2, -0.15) is 0 Å². The Labute approximate surface area is 499 Å². The third-order valence-corrected chi connectivity index (χ3v) is 15.3. The van der Waals surface area contributed by atoms with E-state index in [1.54, 1.807) is 24.3 Å². The molecule has 8 bridgehead atoms. The zero-order chi connectivity index (χ0) is 64.0. The van der Waals surface area contributed by atoms with Crippen molar-refractivity contribution in [1.82, 2.24) is 41.2 Å². The van der Waals surface area contributed by atoms with Crippen LogP contribution in [0.3, 0.4) is 0 Å². The molecule has 5 heterocycles. The molecule has 87 heavy (non-hydrogen) atoms. The molecule has 464 valence electrons. The number of aromatic amines is 2. The van der Waals surface area contributed by atoms with Crippen LogP contribution in [0.25, 0.3) is 38.8 Å². The lowest BCUT2D eigenvalue weighted by Gasteiger charge is -2.36. The number of carboxylic acids is 2. The molecule has 3 aromatic heterocycles. The van der Waals surface area contributed by atoms with Gasteiger partial charge in [0.2, 0.25) is 23.6 Å². The van der Waals surface area contributed by atoms with Crippen LogP contribution in [0.5, 0.6) is 0 Å². The van der Waals surface area contributed by atoms with E-state index in [0.29, 0.717) is 61.6 Å². The van der Waals surface area contributed by atoms with Crippen LogP contribution in [-0.2, 0) is 75.6 Å². The highest BCUT2D eigenvalue weighted by molar-refractivity contribution is 6.03. The number of hydrogen-bond donors (Lipinski definition) is 12. The highest BCUT2D eigenvalue weighted by atomic mass is 16.5. The van der Waals surface area contributed by atoms with Crippen molar-refractivity contribution in [2.24, 2.45) is 38.8 Å². The number of aromatic nitrogens is 4. The molecule has 4 amide bonds. The predicted octanol–water partition coefficient (Wildman–Crippen LogP) is 1.57. The van der Waals surface area contributed by atoms with E-state index in [9.17, 15) is 53.4 Å². The van der Waals surface area contributed by atoms with Crippen LogP contribution >= 0.6 is 0 Å². The van der Waals surface area contributed by atoms with E-state index in [-0.39, 0.29) is 81.9 Å². The van der Waals surface area contributed by atoms with Gasteiger partial charge in [-0.15, -0.1) is 0 Å². The smallest absolute Gasteiger partial charge is 0.334 e. The number of aliphatic imine (C=N–C) groups is 2. The number of rotatable bonds is 27. The summed E-state index contributed by atoms with van der Waals surface area (Å²) >= 11 is 0. The van der Waals surface area contributed by atoms with E-state index in [2.05, 4.69) is 47.8 Å². The van der Waals surface area contributed by atoms with Crippen molar-refractivity contribution >= 4 is 104 Å². The van der Waals surface area contributed by atoms with E-state index in [0.717, 1.165) is 22.3 Å². The van der Waals surface area contributed by atoms with Gasteiger partial charge in [-0.3, -0.25) is 48.5 Å². The lowest BCUT2D eigenvalue weighted by atomic mass is 9.64. The Morgan fingerprint density at radius 2 is 1.30 bits per heavy atom. The fraction of sp³-hybridized carbons (Fsp3) is 0.407. The first-order valence-electron chi connectivity index (χ1n) is 27.7. The number of aliphatic carboxylic acids is 2. The second-order valence-corrected chi connectivity index (χ2v) is 21.0. The van der Waals surface area contributed by atoms with Gasteiger partial charge in [0, 0.05) is 53.6 Å². The van der Waals surface area contributed by atoms with E-state index in [4.69, 9.17) is 47.1 Å². The number of ether oxygens (including phenoxy) is 3. The number of carbonyl (C=O) groups is 9. The van der Waals surface area contributed by atoms with Gasteiger partial charge in [-0.1, -0.05) is 24.8 Å². The van der Waals surface area contributed by atoms with Crippen LogP contribution in [0.1, 0.15) is 104 Å². The molecule has 5 atom stereocenters. The number of methoxy groups -OCH3 is 3. The van der Waals surface area contributed by atoms with Crippen molar-refractivity contribution in [2.45, 2.75) is 109 Å². The summed E-state index contributed by atoms with van der Waals surface area (Å²) in [5.74, 6) is -9.99. The van der Waals surface area contributed by atoms with E-state index in [1.165, 1.54) is 21.3 Å². The summed E-state index contributed by atoms with van der Waals surface area (Å²) in [6.07, 6.45) is 4.32. The predicted molar refractivity (Wildman–Crippen MR) is 321 cm³/mol. The zero-order valence-corrected chi connectivity index (χ0v) is 49.4. The standard InChI is InChI=1S/C59H74N14O14/c1-9-31-28(2)39-23-44-35-17-14-34(55(83)86-7)51(56(84)87-8)59(35,5)46(70-44)25-40-30(4)33(16-19-50(78)85-6)43(69-40)24-42-32(29(3)38(68-42)22-41(31)67-39)15-18-47(74)71-36(12-10-20-64-57(60)61)52(79)66-27-48(75)72-45(26-49(76)77)53(80)73-37(54(81)82)13-11-21-65-58(62)63/h9,14,17,22-25,36-37,45,51,68-69H,1,10-13,15-16,18-21,26-27H2,2-8H3,(H,66,79)(H,71,74)(H,72,75)(H,73,80)(H,76,77)(H,81,82)(H4,60,61,64)(H4,62,63,65)/t36?,37-,45?,51?,59+/m0/s1. The fourth-order valence-electron chi connectivity index (χ4n) is 10.7. The number of guanidine groups is 2. The first-order valence-corrected chi connectivity index (χ1v) is 27.7. The highest BCUT2D eigenvalue weighted by Crippen LogP contribution is 2.52. The largest absolute Gasteiger partial charge is 0.481 e. The molecule has 3 unspecified atom stereocenters. The number of nitrogens with one attached hydrogen (secondary N) is 6. The van der Waals surface area contributed by atoms with Gasteiger partial charge in [-0.05, 0) is 124 Å². The molecule has 0 saturated heterocycles. The van der Waals surface area contributed by atoms with Gasteiger partial charge in [0.15, 0.2) is 11.9 Å². The van der Waals surface area contributed by atoms with Gasteiger partial charge >= 0.3 is 29.8 Å². The van der Waals surface area contributed by atoms with Crippen molar-refractivity contribution in [3.63, 3.8) is 0 Å². The second-order valence-electron chi connectivity index (χ2n) is 21.0. The zero-order valence-electron chi connectivity index (χ0n) is 49.4. The molecule has 16 N–H and O–H groups in total. The number of fused-ring (bicyclic) bond motifs is 11. The average molecular weight is 1200 g/mol. The topological polar surface area (TPSA) is 456 Å². The van der Waals surface area contributed by atoms with Crippen LogP contribution in [-0.4, -0.2) is 155 Å². The average Bonchev–Trinajstić information content (AvgIpc) is 1.63. The summed E-state index contributed by atoms with van der Waals surface area (Å²) in [7, 11) is 3.76. The first kappa shape index (κ1) is 66.0. The normalized spacial score (nSPS) is 16.0. The Bertz CT molecular complexity index is 3600. The first-order chi connectivity index (χ1) is 41.3. The minimum absolute atomic E-state index is 0.00301. The van der Waals surface area contributed by atoms with E-state index < -0.39 is 95.9 Å². The lowest BCUT2D eigenvalue weighted by molar-refractivity contribution is -0.149. The molecule has 0 fully saturated rings. The molecule has 1 aliphatic carbocycles. The fourth-order valence-corrected chi connectivity index (χ4v) is 10.7. The molecule has 0 saturated carbocycles. The maximum absolute atomic E-state index is 14.1. The summed E-state index contributed by atoms with van der Waals surface area (Å²) < 4.78 is 15.5. The lowest BCUT2D eigenvalue weighted by Crippen LogP contribution is -2.54. The minimum Gasteiger partial charge on any atom is -0.481 e. The number of esters is 3. The van der Waals surface area contributed by atoms with Crippen LogP contribution in [0.15, 0.2) is 64.6 Å². The number of carbonyl (C=O) groups excluding carboxylic acids is 7. The summed E-state index contributed by atoms with van der Waals surface area (Å²) in [5, 5.41) is 28.9. The quantitative estimate of drug-likeness (QED) is 0.0169. The van der Waals surface area contributed by atoms with Crippen LogP contribution in [0, 0.1) is 19.8 Å². The number of amides is 4. The van der Waals surface area contributed by atoms with Crippen molar-refractivity contribution in [2.75, 3.05) is 41.0 Å². The SMILES string of the molecule is C=CC1=C(C)c2cc3nc(cc4[nH]c(cc5[nH]c(cc1n2)c(C)c5CCC(=O)NC(CCCN=C(N)N)C(=O)NCC(=O)NC(CC(=O)O)C(=O)N[C@@H](CCCN=C(N)N)C(=O)O)c(CCC(=O)OC)c4C)[C@@]1(C)C3=CC=C(C(=O)OC)C1C(=O)OC. The number of hydrogen-bond acceptors (Lipinski definition) is 16. The monoisotopic (exact) mass is 1200 g/mol. The molecule has 0 aromatic carbocycles. The molecule has 2 aliphatic heterocycles. The van der Waals surface area contributed by atoms with Crippen molar-refractivity contribution < 1.29 is 67.6 Å². The second kappa shape index (κ2) is 29.1. The number of H-pyrrole nitrogens is 2. The Morgan fingerprint density at radius 1 is 0.701 bits per heavy atom.